The lowest BCUT2D eigenvalue weighted by Gasteiger charge is -2.09. The zero-order valence-electron chi connectivity index (χ0n) is 13.5. The summed E-state index contributed by atoms with van der Waals surface area (Å²) in [5, 5.41) is 26.2. The minimum absolute atomic E-state index is 0.0549. The summed E-state index contributed by atoms with van der Waals surface area (Å²) in [4.78, 5) is 12.4. The van der Waals surface area contributed by atoms with Gasteiger partial charge < -0.3 is 15.7 Å². The summed E-state index contributed by atoms with van der Waals surface area (Å²) < 4.78 is 1.09. The van der Waals surface area contributed by atoms with Crippen molar-refractivity contribution in [1.29, 1.82) is 5.26 Å². The number of phenols is 1. The van der Waals surface area contributed by atoms with Crippen molar-refractivity contribution in [3.8, 4) is 11.8 Å². The summed E-state index contributed by atoms with van der Waals surface area (Å²) in [5.74, 6) is -0.392. The Morgan fingerprint density at radius 2 is 1.73 bits per heavy atom. The van der Waals surface area contributed by atoms with Crippen molar-refractivity contribution >= 4 is 50.6 Å². The summed E-state index contributed by atoms with van der Waals surface area (Å²) in [6.07, 6.45) is 1.38. The lowest BCUT2D eigenvalue weighted by molar-refractivity contribution is -0.112. The number of aromatic hydroxyl groups is 1. The molecule has 1 amide bonds. The van der Waals surface area contributed by atoms with E-state index in [0.29, 0.717) is 16.5 Å². The van der Waals surface area contributed by atoms with Crippen molar-refractivity contribution in [1.82, 2.24) is 0 Å². The minimum Gasteiger partial charge on any atom is -0.507 e. The second kappa shape index (κ2) is 7.89. The normalized spacial score (nSPS) is 11.0. The molecule has 0 fully saturated rings. The molecule has 26 heavy (non-hydrogen) atoms. The van der Waals surface area contributed by atoms with Gasteiger partial charge in [0.05, 0.1) is 0 Å². The third kappa shape index (κ3) is 3.95. The van der Waals surface area contributed by atoms with Gasteiger partial charge in [-0.25, -0.2) is 0 Å². The van der Waals surface area contributed by atoms with Gasteiger partial charge in [-0.3, -0.25) is 4.79 Å². The predicted octanol–water partition coefficient (Wildman–Crippen LogP) is 4.61. The molecule has 3 aromatic rings. The number of carbonyl (C=O) groups excluding carboxylic acids is 1. The van der Waals surface area contributed by atoms with Gasteiger partial charge >= 0.3 is 0 Å². The SMILES string of the molecule is N#C/C(=C/Nc1ccc(I)cc1)C(=O)Nc1cccc2c(O)cccc12. The number of fused-ring (bicyclic) bond motifs is 1. The fourth-order valence-corrected chi connectivity index (χ4v) is 2.80. The van der Waals surface area contributed by atoms with Crippen LogP contribution < -0.4 is 10.6 Å². The molecule has 0 unspecified atom stereocenters. The van der Waals surface area contributed by atoms with Crippen LogP contribution in [0.4, 0.5) is 11.4 Å². The lowest BCUT2D eigenvalue weighted by Crippen LogP contribution is -2.14. The van der Waals surface area contributed by atoms with Crippen molar-refractivity contribution < 1.29 is 9.90 Å². The molecule has 0 radical (unpaired) electrons. The van der Waals surface area contributed by atoms with Crippen LogP contribution in [0.5, 0.6) is 5.75 Å². The topological polar surface area (TPSA) is 85.2 Å². The highest BCUT2D eigenvalue weighted by atomic mass is 127. The van der Waals surface area contributed by atoms with E-state index in [0.717, 1.165) is 9.26 Å². The molecule has 3 N–H and O–H groups in total. The van der Waals surface area contributed by atoms with E-state index < -0.39 is 5.91 Å². The monoisotopic (exact) mass is 455 g/mol. The molecule has 0 bridgehead atoms. The third-order valence-electron chi connectivity index (χ3n) is 3.74. The molecule has 3 aromatic carbocycles. The zero-order chi connectivity index (χ0) is 18.5. The Balaban J connectivity index is 1.82. The number of hydrogen-bond donors (Lipinski definition) is 3. The molecule has 0 aliphatic carbocycles. The molecule has 0 atom stereocenters. The van der Waals surface area contributed by atoms with Gasteiger partial charge in [-0.15, -0.1) is 0 Å². The summed E-state index contributed by atoms with van der Waals surface area (Å²) >= 11 is 2.20. The van der Waals surface area contributed by atoms with E-state index in [2.05, 4.69) is 33.2 Å². The highest BCUT2D eigenvalue weighted by Gasteiger charge is 2.12. The Morgan fingerprint density at radius 3 is 2.46 bits per heavy atom. The van der Waals surface area contributed by atoms with Crippen molar-refractivity contribution in [3.63, 3.8) is 0 Å². The number of anilines is 2. The average Bonchev–Trinajstić information content (AvgIpc) is 2.64. The maximum atomic E-state index is 12.4. The summed E-state index contributed by atoms with van der Waals surface area (Å²) in [6, 6.07) is 19.8. The first-order valence-electron chi connectivity index (χ1n) is 7.73. The maximum absolute atomic E-state index is 12.4. The maximum Gasteiger partial charge on any atom is 0.267 e. The van der Waals surface area contributed by atoms with Crippen LogP contribution in [0.15, 0.2) is 72.4 Å². The van der Waals surface area contributed by atoms with Crippen molar-refractivity contribution in [2.45, 2.75) is 0 Å². The van der Waals surface area contributed by atoms with Crippen LogP contribution in [-0.2, 0) is 4.79 Å². The van der Waals surface area contributed by atoms with Crippen molar-refractivity contribution in [2.24, 2.45) is 0 Å². The molecule has 5 nitrogen and oxygen atoms in total. The van der Waals surface area contributed by atoms with Crippen LogP contribution in [0.25, 0.3) is 10.8 Å². The fraction of sp³-hybridized carbons (Fsp3) is 0. The Hall–Kier alpha value is -3.05. The van der Waals surface area contributed by atoms with Gasteiger partial charge in [0.2, 0.25) is 0 Å². The Morgan fingerprint density at radius 1 is 1.04 bits per heavy atom. The largest absolute Gasteiger partial charge is 0.507 e. The Kier molecular flexibility index (Phi) is 5.39. The first kappa shape index (κ1) is 17.8. The lowest BCUT2D eigenvalue weighted by atomic mass is 10.1. The smallest absolute Gasteiger partial charge is 0.267 e. The van der Waals surface area contributed by atoms with Crippen LogP contribution in [0.1, 0.15) is 0 Å². The second-order valence-corrected chi connectivity index (χ2v) is 6.70. The average molecular weight is 455 g/mol. The van der Waals surface area contributed by atoms with Crippen LogP contribution in [-0.4, -0.2) is 11.0 Å². The van der Waals surface area contributed by atoms with Crippen LogP contribution in [0, 0.1) is 14.9 Å². The number of nitrogens with zero attached hydrogens (tertiary/aromatic N) is 1. The van der Waals surface area contributed by atoms with Gasteiger partial charge in [0.25, 0.3) is 5.91 Å². The van der Waals surface area contributed by atoms with Gasteiger partial charge in [0.15, 0.2) is 0 Å². The molecular formula is C20H14IN3O2. The molecule has 6 heteroatoms. The van der Waals surface area contributed by atoms with Crippen molar-refractivity contribution in [2.75, 3.05) is 10.6 Å². The van der Waals surface area contributed by atoms with Gasteiger partial charge in [0.1, 0.15) is 17.4 Å². The molecule has 128 valence electrons. The van der Waals surface area contributed by atoms with E-state index in [-0.39, 0.29) is 11.3 Å². The van der Waals surface area contributed by atoms with Crippen LogP contribution in [0.3, 0.4) is 0 Å². The van der Waals surface area contributed by atoms with E-state index in [1.807, 2.05) is 30.3 Å². The first-order valence-corrected chi connectivity index (χ1v) is 8.81. The molecule has 0 aliphatic rings. The number of nitriles is 1. The highest BCUT2D eigenvalue weighted by Crippen LogP contribution is 2.29. The molecular weight excluding hydrogens is 441 g/mol. The van der Waals surface area contributed by atoms with Gasteiger partial charge in [-0.2, -0.15) is 5.26 Å². The number of rotatable bonds is 4. The summed E-state index contributed by atoms with van der Waals surface area (Å²) in [5.41, 5.74) is 1.25. The number of benzene rings is 3. The fourth-order valence-electron chi connectivity index (χ4n) is 2.44. The molecule has 0 saturated carbocycles. The predicted molar refractivity (Wildman–Crippen MR) is 111 cm³/mol. The minimum atomic E-state index is -0.527. The van der Waals surface area contributed by atoms with Gasteiger partial charge in [0, 0.05) is 31.9 Å². The number of nitrogens with one attached hydrogen (secondary N) is 2. The number of carbonyl (C=O) groups is 1. The molecule has 0 spiro atoms. The number of amides is 1. The Bertz CT molecular complexity index is 1040. The van der Waals surface area contributed by atoms with Gasteiger partial charge in [-0.05, 0) is 59.0 Å². The van der Waals surface area contributed by atoms with Crippen LogP contribution >= 0.6 is 22.6 Å². The quantitative estimate of drug-likeness (QED) is 0.305. The summed E-state index contributed by atoms with van der Waals surface area (Å²) in [7, 11) is 0. The van der Waals surface area contributed by atoms with E-state index in [4.69, 9.17) is 0 Å². The Labute approximate surface area is 164 Å². The van der Waals surface area contributed by atoms with Crippen LogP contribution in [0.2, 0.25) is 0 Å². The van der Waals surface area contributed by atoms with E-state index >= 15 is 0 Å². The van der Waals surface area contributed by atoms with Crippen molar-refractivity contribution in [3.05, 3.63) is 76.0 Å². The van der Waals surface area contributed by atoms with E-state index in [1.165, 1.54) is 6.20 Å². The molecule has 0 aliphatic heterocycles. The second-order valence-electron chi connectivity index (χ2n) is 5.45. The molecule has 0 saturated heterocycles. The standard InChI is InChI=1S/C20H14IN3O2/c21-14-7-9-15(10-8-14)23-12-13(11-22)20(26)24-18-5-1-4-17-16(18)3-2-6-19(17)25/h1-10,12,23,25H,(H,24,26)/b13-12-. The van der Waals surface area contributed by atoms with Gasteiger partial charge in [-0.1, -0.05) is 24.3 Å². The number of hydrogen-bond acceptors (Lipinski definition) is 4. The molecule has 0 heterocycles. The number of halogens is 1. The van der Waals surface area contributed by atoms with E-state index in [1.54, 1.807) is 36.4 Å². The highest BCUT2D eigenvalue weighted by molar-refractivity contribution is 14.1. The zero-order valence-corrected chi connectivity index (χ0v) is 15.7. The van der Waals surface area contributed by atoms with E-state index in [9.17, 15) is 15.2 Å². The first-order chi connectivity index (χ1) is 12.6. The molecule has 0 aromatic heterocycles. The molecule has 3 rings (SSSR count). The summed E-state index contributed by atoms with van der Waals surface area (Å²) in [6.45, 7) is 0. The third-order valence-corrected chi connectivity index (χ3v) is 4.46. The number of phenolic OH excluding ortho intramolecular Hbond substituents is 1.